The lowest BCUT2D eigenvalue weighted by Crippen LogP contribution is -2.20. The molecule has 19 heavy (non-hydrogen) atoms. The zero-order chi connectivity index (χ0) is 14.6. The van der Waals surface area contributed by atoms with Crippen molar-refractivity contribution in [3.8, 4) is 6.07 Å². The molecule has 0 aliphatic carbocycles. The second-order valence-electron chi connectivity index (χ2n) is 4.17. The van der Waals surface area contributed by atoms with Crippen LogP contribution >= 0.6 is 12.6 Å². The van der Waals surface area contributed by atoms with Gasteiger partial charge in [0, 0.05) is 5.92 Å². The van der Waals surface area contributed by atoms with E-state index in [4.69, 9.17) is 5.26 Å². The monoisotopic (exact) mass is 287 g/mol. The van der Waals surface area contributed by atoms with E-state index in [1.165, 1.54) is 12.1 Å². The average molecular weight is 287 g/mol. The Kier molecular flexibility index (Phi) is 5.01. The van der Waals surface area contributed by atoms with E-state index in [1.54, 1.807) is 13.0 Å². The molecule has 0 amide bonds. The van der Waals surface area contributed by atoms with E-state index in [-0.39, 0.29) is 11.3 Å². The summed E-state index contributed by atoms with van der Waals surface area (Å²) in [6.07, 6.45) is -4.49. The first-order valence-electron chi connectivity index (χ1n) is 5.52. The molecule has 0 spiro atoms. The summed E-state index contributed by atoms with van der Waals surface area (Å²) in [5.41, 5.74) is -0.799. The van der Waals surface area contributed by atoms with Crippen molar-refractivity contribution in [2.75, 3.05) is 5.75 Å². The number of thiol groups is 1. The van der Waals surface area contributed by atoms with Crippen molar-refractivity contribution in [2.45, 2.75) is 19.0 Å². The molecular formula is C13H12F3NOS. The van der Waals surface area contributed by atoms with E-state index in [0.717, 1.165) is 12.1 Å². The summed E-state index contributed by atoms with van der Waals surface area (Å²) in [5, 5.41) is 9.01. The van der Waals surface area contributed by atoms with Gasteiger partial charge in [-0.3, -0.25) is 4.79 Å². The maximum atomic E-state index is 12.6. The van der Waals surface area contributed by atoms with E-state index in [9.17, 15) is 18.0 Å². The van der Waals surface area contributed by atoms with Crippen molar-refractivity contribution in [1.29, 1.82) is 5.26 Å². The number of carbonyl (C=O) groups excluding carboxylic acids is 1. The van der Waals surface area contributed by atoms with E-state index < -0.39 is 29.4 Å². The van der Waals surface area contributed by atoms with Gasteiger partial charge in [0.2, 0.25) is 0 Å². The Morgan fingerprint density at radius 1 is 1.47 bits per heavy atom. The molecule has 2 nitrogen and oxygen atoms in total. The predicted molar refractivity (Wildman–Crippen MR) is 67.8 cm³/mol. The van der Waals surface area contributed by atoms with Crippen LogP contribution in [0.3, 0.4) is 0 Å². The zero-order valence-corrected chi connectivity index (χ0v) is 11.0. The molecule has 0 aromatic heterocycles. The SMILES string of the molecule is CC(CS)C(=O)C(C#N)c1cccc(C(F)(F)F)c1. The van der Waals surface area contributed by atoms with Gasteiger partial charge in [0.1, 0.15) is 5.92 Å². The first-order chi connectivity index (χ1) is 8.81. The molecule has 0 N–H and O–H groups in total. The van der Waals surface area contributed by atoms with Crippen molar-refractivity contribution in [1.82, 2.24) is 0 Å². The molecule has 0 radical (unpaired) electrons. The number of Topliss-reactive ketones (excluding diaryl/α,β-unsaturated/α-hetero) is 1. The number of halogens is 3. The number of ketones is 1. The minimum absolute atomic E-state index is 0.0657. The van der Waals surface area contributed by atoms with Crippen molar-refractivity contribution < 1.29 is 18.0 Å². The fourth-order valence-corrected chi connectivity index (χ4v) is 1.75. The average Bonchev–Trinajstić information content (AvgIpc) is 2.38. The van der Waals surface area contributed by atoms with Crippen LogP contribution in [-0.2, 0) is 11.0 Å². The fraction of sp³-hybridized carbons (Fsp3) is 0.385. The molecule has 0 aliphatic heterocycles. The number of benzene rings is 1. The Balaban J connectivity index is 3.14. The van der Waals surface area contributed by atoms with Gasteiger partial charge in [-0.1, -0.05) is 25.1 Å². The number of nitriles is 1. The molecule has 2 unspecified atom stereocenters. The number of nitrogens with zero attached hydrogens (tertiary/aromatic N) is 1. The summed E-state index contributed by atoms with van der Waals surface area (Å²) in [5.74, 6) is -1.85. The van der Waals surface area contributed by atoms with Crippen LogP contribution in [0.4, 0.5) is 13.2 Å². The molecule has 0 heterocycles. The Bertz CT molecular complexity index is 507. The summed E-state index contributed by atoms with van der Waals surface area (Å²) in [4.78, 5) is 11.9. The molecule has 0 saturated heterocycles. The van der Waals surface area contributed by atoms with Crippen LogP contribution in [0.2, 0.25) is 0 Å². The van der Waals surface area contributed by atoms with Gasteiger partial charge in [-0.15, -0.1) is 0 Å². The van der Waals surface area contributed by atoms with E-state index >= 15 is 0 Å². The molecular weight excluding hydrogens is 275 g/mol. The smallest absolute Gasteiger partial charge is 0.298 e. The van der Waals surface area contributed by atoms with E-state index in [0.29, 0.717) is 0 Å². The van der Waals surface area contributed by atoms with Crippen LogP contribution in [0.5, 0.6) is 0 Å². The molecule has 0 fully saturated rings. The number of rotatable bonds is 4. The van der Waals surface area contributed by atoms with E-state index in [2.05, 4.69) is 12.6 Å². The third-order valence-corrected chi connectivity index (χ3v) is 3.27. The minimum Gasteiger partial charge on any atom is -0.298 e. The lowest BCUT2D eigenvalue weighted by Gasteiger charge is -2.14. The first-order valence-corrected chi connectivity index (χ1v) is 6.16. The number of hydrogen-bond acceptors (Lipinski definition) is 3. The number of hydrogen-bond donors (Lipinski definition) is 1. The Hall–Kier alpha value is -1.48. The summed E-state index contributed by atoms with van der Waals surface area (Å²) >= 11 is 3.96. The topological polar surface area (TPSA) is 40.9 Å². The van der Waals surface area contributed by atoms with Gasteiger partial charge in [-0.05, 0) is 17.4 Å². The van der Waals surface area contributed by atoms with Crippen molar-refractivity contribution in [2.24, 2.45) is 5.92 Å². The molecule has 1 rings (SSSR count). The van der Waals surface area contributed by atoms with Crippen molar-refractivity contribution in [3.05, 3.63) is 35.4 Å². The molecule has 1 aromatic carbocycles. The van der Waals surface area contributed by atoms with Gasteiger partial charge >= 0.3 is 6.18 Å². The molecule has 102 valence electrons. The van der Waals surface area contributed by atoms with Crippen molar-refractivity contribution in [3.63, 3.8) is 0 Å². The minimum atomic E-state index is -4.49. The van der Waals surface area contributed by atoms with Gasteiger partial charge < -0.3 is 0 Å². The highest BCUT2D eigenvalue weighted by molar-refractivity contribution is 7.80. The van der Waals surface area contributed by atoms with Crippen LogP contribution in [-0.4, -0.2) is 11.5 Å². The maximum Gasteiger partial charge on any atom is 0.416 e. The molecule has 0 aliphatic rings. The van der Waals surface area contributed by atoms with Gasteiger partial charge in [-0.2, -0.15) is 31.1 Å². The zero-order valence-electron chi connectivity index (χ0n) is 10.1. The normalized spacial score (nSPS) is 14.5. The molecule has 1 aromatic rings. The van der Waals surface area contributed by atoms with Crippen LogP contribution < -0.4 is 0 Å². The second kappa shape index (κ2) is 6.11. The van der Waals surface area contributed by atoms with Crippen molar-refractivity contribution >= 4 is 18.4 Å². The largest absolute Gasteiger partial charge is 0.416 e. The second-order valence-corrected chi connectivity index (χ2v) is 4.54. The molecule has 0 bridgehead atoms. The highest BCUT2D eigenvalue weighted by Crippen LogP contribution is 2.31. The lowest BCUT2D eigenvalue weighted by molar-refractivity contribution is -0.137. The molecule has 6 heteroatoms. The quantitative estimate of drug-likeness (QED) is 0.862. The molecule has 2 atom stereocenters. The first kappa shape index (κ1) is 15.6. The highest BCUT2D eigenvalue weighted by Gasteiger charge is 2.32. The summed E-state index contributed by atoms with van der Waals surface area (Å²) in [7, 11) is 0. The Morgan fingerprint density at radius 3 is 2.58 bits per heavy atom. The summed E-state index contributed by atoms with van der Waals surface area (Å²) in [6, 6.07) is 6.06. The van der Waals surface area contributed by atoms with Gasteiger partial charge in [0.05, 0.1) is 11.6 Å². The summed E-state index contributed by atoms with van der Waals surface area (Å²) < 4.78 is 37.7. The van der Waals surface area contributed by atoms with Crippen LogP contribution in [0.25, 0.3) is 0 Å². The standard InChI is InChI=1S/C13H12F3NOS/c1-8(7-19)12(18)11(6-17)9-3-2-4-10(5-9)13(14,15)16/h2-5,8,11,19H,7H2,1H3. The number of alkyl halides is 3. The van der Waals surface area contributed by atoms with Crippen LogP contribution in [0, 0.1) is 17.2 Å². The van der Waals surface area contributed by atoms with Gasteiger partial charge in [0.25, 0.3) is 0 Å². The summed E-state index contributed by atoms with van der Waals surface area (Å²) in [6.45, 7) is 1.59. The number of carbonyl (C=O) groups is 1. The van der Waals surface area contributed by atoms with E-state index in [1.807, 2.05) is 0 Å². The fourth-order valence-electron chi connectivity index (χ4n) is 1.57. The third-order valence-electron chi connectivity index (χ3n) is 2.72. The van der Waals surface area contributed by atoms with Gasteiger partial charge in [0.15, 0.2) is 5.78 Å². The van der Waals surface area contributed by atoms with Crippen LogP contribution in [0.1, 0.15) is 24.0 Å². The Labute approximate surface area is 114 Å². The van der Waals surface area contributed by atoms with Crippen LogP contribution in [0.15, 0.2) is 24.3 Å². The maximum absolute atomic E-state index is 12.6. The molecule has 0 saturated carbocycles. The van der Waals surface area contributed by atoms with Gasteiger partial charge in [-0.25, -0.2) is 0 Å². The lowest BCUT2D eigenvalue weighted by atomic mass is 9.89. The third kappa shape index (κ3) is 3.74. The predicted octanol–water partition coefficient (Wildman–Crippen LogP) is 3.45. The Morgan fingerprint density at radius 2 is 2.11 bits per heavy atom. The highest BCUT2D eigenvalue weighted by atomic mass is 32.1.